The highest BCUT2D eigenvalue weighted by atomic mass is 16.5. The number of aryl methyl sites for hydroxylation is 1. The molecule has 0 bridgehead atoms. The van der Waals surface area contributed by atoms with Gasteiger partial charge >= 0.3 is 0 Å². The number of benzene rings is 2. The molecule has 0 spiro atoms. The fraction of sp³-hybridized carbons (Fsp3) is 0.333. The third kappa shape index (κ3) is 5.07. The molecule has 0 radical (unpaired) electrons. The zero-order valence-electron chi connectivity index (χ0n) is 17.5. The molecule has 1 aromatic heterocycles. The molecule has 158 valence electrons. The summed E-state index contributed by atoms with van der Waals surface area (Å²) >= 11 is 0. The first-order chi connectivity index (χ1) is 14.4. The van der Waals surface area contributed by atoms with Gasteiger partial charge in [0.1, 0.15) is 17.1 Å². The second-order valence-electron chi connectivity index (χ2n) is 7.75. The summed E-state index contributed by atoms with van der Waals surface area (Å²) in [5.74, 6) is 0.993. The Balaban J connectivity index is 1.76. The third-order valence-electron chi connectivity index (χ3n) is 4.81. The number of carbonyl (C=O) groups is 1. The maximum atomic E-state index is 13.0. The van der Waals surface area contributed by atoms with E-state index in [1.54, 1.807) is 25.1 Å². The van der Waals surface area contributed by atoms with Crippen molar-refractivity contribution in [3.8, 4) is 16.9 Å². The van der Waals surface area contributed by atoms with Gasteiger partial charge in [-0.2, -0.15) is 0 Å². The average molecular weight is 409 g/mol. The van der Waals surface area contributed by atoms with Crippen molar-refractivity contribution in [1.82, 2.24) is 5.32 Å². The van der Waals surface area contributed by atoms with Crippen molar-refractivity contribution in [1.29, 1.82) is 0 Å². The number of hydrogen-bond donors (Lipinski definition) is 2. The SMILES string of the molecule is Cc1oc2cc(OCC(=O)N[C@H](CO)CC(C)C)ccc2c(=O)c1-c1ccccc1. The van der Waals surface area contributed by atoms with E-state index in [0.717, 1.165) is 5.56 Å². The van der Waals surface area contributed by atoms with Gasteiger partial charge in [-0.1, -0.05) is 44.2 Å². The maximum Gasteiger partial charge on any atom is 0.258 e. The van der Waals surface area contributed by atoms with Gasteiger partial charge in [0.2, 0.25) is 5.43 Å². The largest absolute Gasteiger partial charge is 0.484 e. The summed E-state index contributed by atoms with van der Waals surface area (Å²) in [5.41, 5.74) is 1.64. The predicted octanol–water partition coefficient (Wildman–Crippen LogP) is 3.67. The minimum atomic E-state index is -0.313. The van der Waals surface area contributed by atoms with E-state index in [1.165, 1.54) is 0 Å². The predicted molar refractivity (Wildman–Crippen MR) is 117 cm³/mol. The molecule has 6 heteroatoms. The number of aliphatic hydroxyl groups is 1. The molecule has 0 aliphatic carbocycles. The molecule has 0 fully saturated rings. The first-order valence-electron chi connectivity index (χ1n) is 10.0. The highest BCUT2D eigenvalue weighted by molar-refractivity contribution is 5.84. The Labute approximate surface area is 175 Å². The number of amides is 1. The summed E-state index contributed by atoms with van der Waals surface area (Å²) < 4.78 is 11.5. The molecular formula is C24H27NO5. The van der Waals surface area contributed by atoms with Crippen LogP contribution in [0, 0.1) is 12.8 Å². The smallest absolute Gasteiger partial charge is 0.258 e. The summed E-state index contributed by atoms with van der Waals surface area (Å²) in [6, 6.07) is 14.0. The molecule has 2 N–H and O–H groups in total. The minimum absolute atomic E-state index is 0.108. The summed E-state index contributed by atoms with van der Waals surface area (Å²) in [7, 11) is 0. The molecule has 0 saturated carbocycles. The molecule has 0 aliphatic rings. The van der Waals surface area contributed by atoms with Crippen LogP contribution >= 0.6 is 0 Å². The fourth-order valence-corrected chi connectivity index (χ4v) is 3.48. The minimum Gasteiger partial charge on any atom is -0.484 e. The first kappa shape index (κ1) is 21.6. The van der Waals surface area contributed by atoms with E-state index >= 15 is 0 Å². The van der Waals surface area contributed by atoms with Crippen molar-refractivity contribution in [2.45, 2.75) is 33.2 Å². The van der Waals surface area contributed by atoms with Gasteiger partial charge in [-0.15, -0.1) is 0 Å². The van der Waals surface area contributed by atoms with Crippen LogP contribution in [-0.2, 0) is 4.79 Å². The van der Waals surface area contributed by atoms with Crippen molar-refractivity contribution in [3.05, 3.63) is 64.5 Å². The monoisotopic (exact) mass is 409 g/mol. The maximum absolute atomic E-state index is 13.0. The van der Waals surface area contributed by atoms with E-state index < -0.39 is 0 Å². The lowest BCUT2D eigenvalue weighted by atomic mass is 10.0. The van der Waals surface area contributed by atoms with Gasteiger partial charge in [-0.3, -0.25) is 9.59 Å². The molecule has 1 amide bonds. The molecule has 0 aliphatic heterocycles. The van der Waals surface area contributed by atoms with Crippen molar-refractivity contribution >= 4 is 16.9 Å². The lowest BCUT2D eigenvalue weighted by molar-refractivity contribution is -0.124. The van der Waals surface area contributed by atoms with E-state index in [4.69, 9.17) is 9.15 Å². The summed E-state index contributed by atoms with van der Waals surface area (Å²) in [6.07, 6.45) is 0.687. The number of carbonyl (C=O) groups excluding carboxylic acids is 1. The summed E-state index contributed by atoms with van der Waals surface area (Å²) in [6.45, 7) is 5.51. The molecule has 1 heterocycles. The van der Waals surface area contributed by atoms with Gasteiger partial charge < -0.3 is 19.6 Å². The number of aliphatic hydroxyl groups excluding tert-OH is 1. The standard InChI is InChI=1S/C24H27NO5/c1-15(2)11-18(13-26)25-22(27)14-29-19-9-10-20-21(12-19)30-16(3)23(24(20)28)17-7-5-4-6-8-17/h4-10,12,15,18,26H,11,13-14H2,1-3H3,(H,25,27)/t18-/m0/s1. The van der Waals surface area contributed by atoms with Gasteiger partial charge in [0.15, 0.2) is 6.61 Å². The third-order valence-corrected chi connectivity index (χ3v) is 4.81. The Hall–Kier alpha value is -3.12. The zero-order valence-corrected chi connectivity index (χ0v) is 17.5. The Kier molecular flexibility index (Phi) is 6.90. The average Bonchev–Trinajstić information content (AvgIpc) is 2.72. The van der Waals surface area contributed by atoms with Crippen LogP contribution in [-0.4, -0.2) is 30.3 Å². The molecule has 3 aromatic rings. The van der Waals surface area contributed by atoms with Crippen LogP contribution in [0.3, 0.4) is 0 Å². The van der Waals surface area contributed by atoms with E-state index in [9.17, 15) is 14.7 Å². The number of nitrogens with one attached hydrogen (secondary N) is 1. The lowest BCUT2D eigenvalue weighted by Crippen LogP contribution is -2.40. The Bertz CT molecular complexity index is 1070. The van der Waals surface area contributed by atoms with Crippen LogP contribution in [0.2, 0.25) is 0 Å². The molecular weight excluding hydrogens is 382 g/mol. The van der Waals surface area contributed by atoms with Crippen LogP contribution in [0.15, 0.2) is 57.7 Å². The number of hydrogen-bond acceptors (Lipinski definition) is 5. The Morgan fingerprint density at radius 1 is 1.17 bits per heavy atom. The van der Waals surface area contributed by atoms with Crippen molar-refractivity contribution in [3.63, 3.8) is 0 Å². The molecule has 3 rings (SSSR count). The van der Waals surface area contributed by atoms with E-state index in [-0.39, 0.29) is 30.6 Å². The summed E-state index contributed by atoms with van der Waals surface area (Å²) in [4.78, 5) is 25.1. The van der Waals surface area contributed by atoms with Gasteiger partial charge in [0, 0.05) is 6.07 Å². The van der Waals surface area contributed by atoms with Gasteiger partial charge in [0.05, 0.1) is 23.6 Å². The molecule has 0 unspecified atom stereocenters. The lowest BCUT2D eigenvalue weighted by Gasteiger charge is -2.18. The molecule has 30 heavy (non-hydrogen) atoms. The second kappa shape index (κ2) is 9.59. The van der Waals surface area contributed by atoms with Crippen LogP contribution in [0.4, 0.5) is 0 Å². The molecule has 0 saturated heterocycles. The highest BCUT2D eigenvalue weighted by Crippen LogP contribution is 2.26. The van der Waals surface area contributed by atoms with Gasteiger partial charge in [-0.25, -0.2) is 0 Å². The number of rotatable bonds is 8. The van der Waals surface area contributed by atoms with Crippen LogP contribution in [0.25, 0.3) is 22.1 Å². The normalized spacial score (nSPS) is 12.2. The van der Waals surface area contributed by atoms with Gasteiger partial charge in [-0.05, 0) is 37.0 Å². The zero-order chi connectivity index (χ0) is 21.7. The van der Waals surface area contributed by atoms with Crippen molar-refractivity contribution in [2.24, 2.45) is 5.92 Å². The second-order valence-corrected chi connectivity index (χ2v) is 7.75. The molecule has 2 aromatic carbocycles. The Morgan fingerprint density at radius 3 is 2.57 bits per heavy atom. The van der Waals surface area contributed by atoms with E-state index in [2.05, 4.69) is 5.32 Å². The van der Waals surface area contributed by atoms with E-state index in [0.29, 0.717) is 40.4 Å². The number of fused-ring (bicyclic) bond motifs is 1. The van der Waals surface area contributed by atoms with Crippen molar-refractivity contribution in [2.75, 3.05) is 13.2 Å². The molecule has 1 atom stereocenters. The number of ether oxygens (including phenoxy) is 1. The topological polar surface area (TPSA) is 88.8 Å². The summed E-state index contributed by atoms with van der Waals surface area (Å²) in [5, 5.41) is 12.6. The van der Waals surface area contributed by atoms with E-state index in [1.807, 2.05) is 44.2 Å². The first-order valence-corrected chi connectivity index (χ1v) is 10.0. The quantitative estimate of drug-likeness (QED) is 0.593. The van der Waals surface area contributed by atoms with Crippen LogP contribution in [0.5, 0.6) is 5.75 Å². The fourth-order valence-electron chi connectivity index (χ4n) is 3.48. The van der Waals surface area contributed by atoms with Crippen molar-refractivity contribution < 1.29 is 19.1 Å². The highest BCUT2D eigenvalue weighted by Gasteiger charge is 2.16. The van der Waals surface area contributed by atoms with Crippen LogP contribution < -0.4 is 15.5 Å². The molecule has 6 nitrogen and oxygen atoms in total. The Morgan fingerprint density at radius 2 is 1.90 bits per heavy atom. The van der Waals surface area contributed by atoms with Gasteiger partial charge in [0.25, 0.3) is 5.91 Å². The van der Waals surface area contributed by atoms with Crippen LogP contribution in [0.1, 0.15) is 26.0 Å².